The summed E-state index contributed by atoms with van der Waals surface area (Å²) in [6, 6.07) is 5.61. The van der Waals surface area contributed by atoms with Gasteiger partial charge in [-0.2, -0.15) is 0 Å². The van der Waals surface area contributed by atoms with Crippen molar-refractivity contribution in [2.24, 2.45) is 0 Å². The number of hydrogen-bond donors (Lipinski definition) is 0. The van der Waals surface area contributed by atoms with E-state index >= 15 is 0 Å². The summed E-state index contributed by atoms with van der Waals surface area (Å²) < 4.78 is 24.4. The second-order valence-electron chi connectivity index (χ2n) is 3.62. The predicted octanol–water partition coefficient (Wildman–Crippen LogP) is 3.79. The van der Waals surface area contributed by atoms with Gasteiger partial charge in [0.1, 0.15) is 5.82 Å². The number of benzene rings is 1. The third kappa shape index (κ3) is 2.72. The molecule has 0 bridgehead atoms. The summed E-state index contributed by atoms with van der Waals surface area (Å²) in [4.78, 5) is 12.5. The average Bonchev–Trinajstić information content (AvgIpc) is 2.84. The van der Waals surface area contributed by atoms with E-state index in [0.29, 0.717) is 15.0 Å². The van der Waals surface area contributed by atoms with E-state index in [1.807, 2.05) is 0 Å². The van der Waals surface area contributed by atoms with Gasteiger partial charge in [-0.25, -0.2) is 4.39 Å². The summed E-state index contributed by atoms with van der Waals surface area (Å²) in [7, 11) is 2.82. The lowest BCUT2D eigenvalue weighted by Crippen LogP contribution is -2.04. The molecule has 0 fully saturated rings. The van der Waals surface area contributed by atoms with Gasteiger partial charge in [0.05, 0.1) is 29.0 Å². The molecule has 0 amide bonds. The summed E-state index contributed by atoms with van der Waals surface area (Å²) in [5.41, 5.74) is -0.0730. The quantitative estimate of drug-likeness (QED) is 0.806. The lowest BCUT2D eigenvalue weighted by molar-refractivity contribution is 0.103. The van der Waals surface area contributed by atoms with Gasteiger partial charge in [-0.05, 0) is 18.2 Å². The molecule has 6 heteroatoms. The smallest absolute Gasteiger partial charge is 0.206 e. The fraction of sp³-hybridized carbons (Fsp3) is 0.154. The van der Waals surface area contributed by atoms with Crippen molar-refractivity contribution in [3.63, 3.8) is 0 Å². The van der Waals surface area contributed by atoms with Crippen LogP contribution in [0.1, 0.15) is 15.2 Å². The molecule has 0 saturated carbocycles. The SMILES string of the molecule is COc1cc(F)c(C(=O)c2ccc(Cl)s2)cc1OC. The molecule has 0 saturated heterocycles. The first-order valence-corrected chi connectivity index (χ1v) is 6.47. The molecule has 19 heavy (non-hydrogen) atoms. The Kier molecular flexibility index (Phi) is 4.07. The minimum atomic E-state index is -0.660. The van der Waals surface area contributed by atoms with E-state index < -0.39 is 11.6 Å². The molecule has 2 aromatic rings. The van der Waals surface area contributed by atoms with Crippen LogP contribution in [0.2, 0.25) is 4.34 Å². The summed E-state index contributed by atoms with van der Waals surface area (Å²) in [6.45, 7) is 0. The van der Waals surface area contributed by atoms with Crippen molar-refractivity contribution in [2.75, 3.05) is 14.2 Å². The van der Waals surface area contributed by atoms with Crippen molar-refractivity contribution in [3.8, 4) is 11.5 Å². The van der Waals surface area contributed by atoms with Crippen molar-refractivity contribution in [2.45, 2.75) is 0 Å². The molecule has 0 N–H and O–H groups in total. The predicted molar refractivity (Wildman–Crippen MR) is 72.3 cm³/mol. The average molecular weight is 301 g/mol. The highest BCUT2D eigenvalue weighted by Crippen LogP contribution is 2.32. The zero-order chi connectivity index (χ0) is 14.0. The second-order valence-corrected chi connectivity index (χ2v) is 5.34. The number of methoxy groups -OCH3 is 2. The Morgan fingerprint density at radius 2 is 1.84 bits per heavy atom. The number of halogens is 2. The molecule has 100 valence electrons. The summed E-state index contributed by atoms with van der Waals surface area (Å²) >= 11 is 6.87. The summed E-state index contributed by atoms with van der Waals surface area (Å²) in [5.74, 6) is -0.557. The number of ketones is 1. The molecule has 1 heterocycles. The minimum Gasteiger partial charge on any atom is -0.493 e. The van der Waals surface area contributed by atoms with Gasteiger partial charge in [0.15, 0.2) is 11.5 Å². The number of ether oxygens (including phenoxy) is 2. The topological polar surface area (TPSA) is 35.5 Å². The van der Waals surface area contributed by atoms with Crippen LogP contribution in [0.15, 0.2) is 24.3 Å². The first-order valence-electron chi connectivity index (χ1n) is 5.28. The lowest BCUT2D eigenvalue weighted by atomic mass is 10.1. The fourth-order valence-corrected chi connectivity index (χ4v) is 2.59. The van der Waals surface area contributed by atoms with Crippen molar-refractivity contribution < 1.29 is 18.7 Å². The maximum Gasteiger partial charge on any atom is 0.206 e. The van der Waals surface area contributed by atoms with Crippen molar-refractivity contribution in [1.29, 1.82) is 0 Å². The van der Waals surface area contributed by atoms with Crippen LogP contribution in [0.25, 0.3) is 0 Å². The zero-order valence-electron chi connectivity index (χ0n) is 10.2. The highest BCUT2D eigenvalue weighted by molar-refractivity contribution is 7.18. The highest BCUT2D eigenvalue weighted by Gasteiger charge is 2.19. The van der Waals surface area contributed by atoms with E-state index in [0.717, 1.165) is 17.4 Å². The molecule has 0 unspecified atom stereocenters. The van der Waals surface area contributed by atoms with E-state index in [4.69, 9.17) is 21.1 Å². The molecule has 0 spiro atoms. The van der Waals surface area contributed by atoms with Crippen molar-refractivity contribution >= 4 is 28.7 Å². The van der Waals surface area contributed by atoms with Gasteiger partial charge < -0.3 is 9.47 Å². The zero-order valence-corrected chi connectivity index (χ0v) is 11.8. The van der Waals surface area contributed by atoms with E-state index in [1.54, 1.807) is 12.1 Å². The third-order valence-corrected chi connectivity index (χ3v) is 3.74. The van der Waals surface area contributed by atoms with E-state index in [1.165, 1.54) is 20.3 Å². The van der Waals surface area contributed by atoms with Crippen LogP contribution >= 0.6 is 22.9 Å². The van der Waals surface area contributed by atoms with Crippen LogP contribution in [0.4, 0.5) is 4.39 Å². The Balaban J connectivity index is 2.47. The first kappa shape index (κ1) is 13.8. The molecular formula is C13H10ClFO3S. The third-order valence-electron chi connectivity index (χ3n) is 2.51. The Labute approximate surface area is 118 Å². The van der Waals surface area contributed by atoms with Gasteiger partial charge in [0.2, 0.25) is 5.78 Å². The lowest BCUT2D eigenvalue weighted by Gasteiger charge is -2.09. The van der Waals surface area contributed by atoms with E-state index in [9.17, 15) is 9.18 Å². The van der Waals surface area contributed by atoms with Gasteiger partial charge in [-0.3, -0.25) is 4.79 Å². The Hall–Kier alpha value is -1.59. The normalized spacial score (nSPS) is 10.3. The van der Waals surface area contributed by atoms with Crippen LogP contribution in [-0.2, 0) is 0 Å². The molecule has 1 aromatic carbocycles. The molecule has 3 nitrogen and oxygen atoms in total. The first-order chi connectivity index (χ1) is 9.06. The van der Waals surface area contributed by atoms with E-state index in [-0.39, 0.29) is 11.3 Å². The van der Waals surface area contributed by atoms with Crippen LogP contribution in [0.3, 0.4) is 0 Å². The van der Waals surface area contributed by atoms with Crippen molar-refractivity contribution in [1.82, 2.24) is 0 Å². The molecular weight excluding hydrogens is 291 g/mol. The highest BCUT2D eigenvalue weighted by atomic mass is 35.5. The standard InChI is InChI=1S/C13H10ClFO3S/c1-17-9-5-7(8(15)6-10(9)18-2)13(16)11-3-4-12(14)19-11/h3-6H,1-2H3. The number of rotatable bonds is 4. The molecule has 0 aliphatic rings. The van der Waals surface area contributed by atoms with Gasteiger partial charge in [0.25, 0.3) is 0 Å². The second kappa shape index (κ2) is 5.59. The Bertz CT molecular complexity index is 624. The van der Waals surface area contributed by atoms with Gasteiger partial charge in [-0.1, -0.05) is 11.6 Å². The number of thiophene rings is 1. The number of hydrogen-bond acceptors (Lipinski definition) is 4. The molecule has 0 atom stereocenters. The Morgan fingerprint density at radius 3 is 2.37 bits per heavy atom. The monoisotopic (exact) mass is 300 g/mol. The number of carbonyl (C=O) groups is 1. The largest absolute Gasteiger partial charge is 0.493 e. The van der Waals surface area contributed by atoms with Crippen LogP contribution in [0, 0.1) is 5.82 Å². The maximum atomic E-state index is 13.9. The number of carbonyl (C=O) groups excluding carboxylic acids is 1. The summed E-state index contributed by atoms with van der Waals surface area (Å²) in [6.07, 6.45) is 0. The van der Waals surface area contributed by atoms with Gasteiger partial charge >= 0.3 is 0 Å². The molecule has 0 aliphatic heterocycles. The maximum absolute atomic E-state index is 13.9. The van der Waals surface area contributed by atoms with Gasteiger partial charge in [0, 0.05) is 6.07 Å². The molecule has 0 radical (unpaired) electrons. The minimum absolute atomic E-state index is 0.0730. The van der Waals surface area contributed by atoms with Crippen molar-refractivity contribution in [3.05, 3.63) is 44.9 Å². The molecule has 2 rings (SSSR count). The fourth-order valence-electron chi connectivity index (χ4n) is 1.60. The van der Waals surface area contributed by atoms with Gasteiger partial charge in [-0.15, -0.1) is 11.3 Å². The van der Waals surface area contributed by atoms with E-state index in [2.05, 4.69) is 0 Å². The molecule has 0 aliphatic carbocycles. The Morgan fingerprint density at radius 1 is 1.21 bits per heavy atom. The van der Waals surface area contributed by atoms with Crippen LogP contribution in [-0.4, -0.2) is 20.0 Å². The molecule has 1 aromatic heterocycles. The van der Waals surface area contributed by atoms with Crippen LogP contribution < -0.4 is 9.47 Å². The summed E-state index contributed by atoms with van der Waals surface area (Å²) in [5, 5.41) is 0. The van der Waals surface area contributed by atoms with Crippen LogP contribution in [0.5, 0.6) is 11.5 Å².